The number of hydrogen-bond donors (Lipinski definition) is 1. The first-order valence-corrected chi connectivity index (χ1v) is 11.9. The highest BCUT2D eigenvalue weighted by Gasteiger charge is 2.33. The Bertz CT molecular complexity index is 999. The molecular weight excluding hydrogens is 422 g/mol. The Morgan fingerprint density at radius 2 is 1.81 bits per heavy atom. The molecule has 1 aromatic rings. The SMILES string of the molecule is Cc1cc(C(=O)O[C@@H](C)C(=O)N2CCNC2=O)cc(S(=O)(=O)N2CCC(C)CC2)c1C. The Hall–Kier alpha value is -2.46. The number of carbonyl (C=O) groups excluding carboxylic acids is 3. The standard InChI is InChI=1S/C21H29N3O6S/c1-13-5-8-23(9-6-13)31(28,29)18-12-17(11-14(2)15(18)3)20(26)30-16(4)19(25)24-10-7-22-21(24)27/h11-13,16H,5-10H2,1-4H3,(H,22,27)/t16-/m0/s1. The highest BCUT2D eigenvalue weighted by Crippen LogP contribution is 2.28. The number of aryl methyl sites for hydroxylation is 1. The van der Waals surface area contributed by atoms with Crippen LogP contribution in [0.25, 0.3) is 0 Å². The third kappa shape index (κ3) is 4.74. The van der Waals surface area contributed by atoms with Gasteiger partial charge in [0, 0.05) is 26.2 Å². The van der Waals surface area contributed by atoms with E-state index in [2.05, 4.69) is 12.2 Å². The third-order valence-corrected chi connectivity index (χ3v) is 8.00. The normalized spacial score (nSPS) is 19.2. The monoisotopic (exact) mass is 451 g/mol. The maximum absolute atomic E-state index is 13.3. The van der Waals surface area contributed by atoms with E-state index in [1.165, 1.54) is 17.3 Å². The number of ether oxygens (including phenoxy) is 1. The van der Waals surface area contributed by atoms with Gasteiger partial charge >= 0.3 is 12.0 Å². The summed E-state index contributed by atoms with van der Waals surface area (Å²) in [5.41, 5.74) is 1.27. The smallest absolute Gasteiger partial charge is 0.338 e. The predicted molar refractivity (Wildman–Crippen MR) is 113 cm³/mol. The summed E-state index contributed by atoms with van der Waals surface area (Å²) in [6.07, 6.45) is 0.410. The number of carbonyl (C=O) groups is 3. The summed E-state index contributed by atoms with van der Waals surface area (Å²) >= 11 is 0. The largest absolute Gasteiger partial charge is 0.449 e. The molecule has 31 heavy (non-hydrogen) atoms. The van der Waals surface area contributed by atoms with Crippen molar-refractivity contribution in [1.82, 2.24) is 14.5 Å². The highest BCUT2D eigenvalue weighted by molar-refractivity contribution is 7.89. The molecule has 0 radical (unpaired) electrons. The maximum Gasteiger partial charge on any atom is 0.338 e. The van der Waals surface area contributed by atoms with E-state index in [1.807, 2.05) is 0 Å². The molecule has 1 atom stereocenters. The van der Waals surface area contributed by atoms with Crippen LogP contribution in [0.4, 0.5) is 4.79 Å². The summed E-state index contributed by atoms with van der Waals surface area (Å²) in [5, 5.41) is 2.52. The minimum absolute atomic E-state index is 0.0533. The van der Waals surface area contributed by atoms with Crippen molar-refractivity contribution in [2.24, 2.45) is 5.92 Å². The van der Waals surface area contributed by atoms with Crippen molar-refractivity contribution in [3.63, 3.8) is 0 Å². The summed E-state index contributed by atoms with van der Waals surface area (Å²) in [6.45, 7) is 8.37. The van der Waals surface area contributed by atoms with E-state index in [-0.39, 0.29) is 17.0 Å². The molecule has 2 saturated heterocycles. The summed E-state index contributed by atoms with van der Waals surface area (Å²) in [5.74, 6) is -0.956. The van der Waals surface area contributed by atoms with Gasteiger partial charge in [0.15, 0.2) is 6.10 Å². The zero-order valence-electron chi connectivity index (χ0n) is 18.3. The molecule has 2 heterocycles. The molecule has 0 aromatic heterocycles. The van der Waals surface area contributed by atoms with Crippen molar-refractivity contribution in [3.8, 4) is 0 Å². The molecule has 3 rings (SSSR count). The average molecular weight is 452 g/mol. The molecule has 1 N–H and O–H groups in total. The van der Waals surface area contributed by atoms with Gasteiger partial charge in [0.25, 0.3) is 5.91 Å². The number of urea groups is 1. The minimum Gasteiger partial charge on any atom is -0.449 e. The number of benzene rings is 1. The first-order chi connectivity index (χ1) is 14.5. The van der Waals surface area contributed by atoms with E-state index in [4.69, 9.17) is 4.74 Å². The predicted octanol–water partition coefficient (Wildman–Crippen LogP) is 1.82. The van der Waals surface area contributed by atoms with Crippen molar-refractivity contribution in [2.45, 2.75) is 51.5 Å². The van der Waals surface area contributed by atoms with Gasteiger partial charge in [-0.05, 0) is 62.8 Å². The summed E-state index contributed by atoms with van der Waals surface area (Å²) in [6, 6.07) is 2.34. The van der Waals surface area contributed by atoms with Crippen LogP contribution in [0.2, 0.25) is 0 Å². The fraction of sp³-hybridized carbons (Fsp3) is 0.571. The van der Waals surface area contributed by atoms with Crippen molar-refractivity contribution >= 4 is 27.9 Å². The molecule has 3 amide bonds. The molecule has 1 aromatic carbocycles. The number of piperidine rings is 1. The molecule has 0 bridgehead atoms. The second kappa shape index (κ2) is 8.96. The number of imide groups is 1. The zero-order chi connectivity index (χ0) is 22.9. The Morgan fingerprint density at radius 3 is 2.39 bits per heavy atom. The van der Waals surface area contributed by atoms with Crippen LogP contribution in [0.5, 0.6) is 0 Å². The van der Waals surface area contributed by atoms with Crippen LogP contribution < -0.4 is 5.32 Å². The third-order valence-electron chi connectivity index (χ3n) is 5.97. The van der Waals surface area contributed by atoms with E-state index < -0.39 is 34.0 Å². The summed E-state index contributed by atoms with van der Waals surface area (Å²) in [7, 11) is -3.76. The topological polar surface area (TPSA) is 113 Å². The zero-order valence-corrected chi connectivity index (χ0v) is 19.1. The van der Waals surface area contributed by atoms with Crippen LogP contribution in [0.1, 0.15) is 48.2 Å². The molecule has 0 unspecified atom stereocenters. The second-order valence-electron chi connectivity index (χ2n) is 8.27. The van der Waals surface area contributed by atoms with E-state index in [9.17, 15) is 22.8 Å². The maximum atomic E-state index is 13.3. The van der Waals surface area contributed by atoms with Gasteiger partial charge in [-0.25, -0.2) is 18.0 Å². The van der Waals surface area contributed by atoms with Gasteiger partial charge < -0.3 is 10.1 Å². The van der Waals surface area contributed by atoms with Crippen LogP contribution in [-0.2, 0) is 19.6 Å². The molecule has 170 valence electrons. The quantitative estimate of drug-likeness (QED) is 0.684. The first-order valence-electron chi connectivity index (χ1n) is 10.4. The fourth-order valence-electron chi connectivity index (χ4n) is 3.76. The molecule has 2 aliphatic heterocycles. The van der Waals surface area contributed by atoms with Crippen LogP contribution in [0.3, 0.4) is 0 Å². The highest BCUT2D eigenvalue weighted by atomic mass is 32.2. The number of nitrogens with one attached hydrogen (secondary N) is 1. The Kier molecular flexibility index (Phi) is 6.70. The molecular formula is C21H29N3O6S. The molecule has 9 nitrogen and oxygen atoms in total. The van der Waals surface area contributed by atoms with Crippen molar-refractivity contribution in [2.75, 3.05) is 26.2 Å². The van der Waals surface area contributed by atoms with Gasteiger partial charge in [0.2, 0.25) is 10.0 Å². The molecule has 0 aliphatic carbocycles. The Morgan fingerprint density at radius 1 is 1.16 bits per heavy atom. The molecule has 2 fully saturated rings. The Labute approximate surface area is 182 Å². The number of hydrogen-bond acceptors (Lipinski definition) is 6. The second-order valence-corrected chi connectivity index (χ2v) is 10.2. The lowest BCUT2D eigenvalue weighted by molar-refractivity contribution is -0.136. The lowest BCUT2D eigenvalue weighted by Crippen LogP contribution is -2.41. The summed E-state index contributed by atoms with van der Waals surface area (Å²) in [4.78, 5) is 37.8. The lowest BCUT2D eigenvalue weighted by atomic mass is 10.0. The average Bonchev–Trinajstić information content (AvgIpc) is 3.15. The van der Waals surface area contributed by atoms with E-state index >= 15 is 0 Å². The fourth-order valence-corrected chi connectivity index (χ4v) is 5.55. The van der Waals surface area contributed by atoms with Gasteiger partial charge in [-0.2, -0.15) is 4.31 Å². The van der Waals surface area contributed by atoms with Crippen LogP contribution in [0, 0.1) is 19.8 Å². The Balaban J connectivity index is 1.82. The molecule has 10 heteroatoms. The van der Waals surface area contributed by atoms with Crippen LogP contribution in [-0.4, -0.2) is 67.8 Å². The molecule has 0 saturated carbocycles. The number of esters is 1. The van der Waals surface area contributed by atoms with Gasteiger partial charge in [-0.1, -0.05) is 6.92 Å². The van der Waals surface area contributed by atoms with Crippen molar-refractivity contribution in [3.05, 3.63) is 28.8 Å². The van der Waals surface area contributed by atoms with E-state index in [0.717, 1.165) is 17.7 Å². The number of amides is 3. The molecule has 2 aliphatic rings. The van der Waals surface area contributed by atoms with Gasteiger partial charge in [-0.3, -0.25) is 9.69 Å². The van der Waals surface area contributed by atoms with Crippen LogP contribution >= 0.6 is 0 Å². The summed E-state index contributed by atoms with van der Waals surface area (Å²) < 4.78 is 33.2. The van der Waals surface area contributed by atoms with Gasteiger partial charge in [-0.15, -0.1) is 0 Å². The number of sulfonamides is 1. The van der Waals surface area contributed by atoms with Crippen molar-refractivity contribution in [1.29, 1.82) is 0 Å². The molecule has 0 spiro atoms. The van der Waals surface area contributed by atoms with E-state index in [0.29, 0.717) is 36.7 Å². The van der Waals surface area contributed by atoms with Crippen molar-refractivity contribution < 1.29 is 27.5 Å². The van der Waals surface area contributed by atoms with Crippen LogP contribution in [0.15, 0.2) is 17.0 Å². The number of rotatable bonds is 5. The van der Waals surface area contributed by atoms with Gasteiger partial charge in [0.1, 0.15) is 0 Å². The van der Waals surface area contributed by atoms with Gasteiger partial charge in [0.05, 0.1) is 10.5 Å². The lowest BCUT2D eigenvalue weighted by Gasteiger charge is -2.30. The number of nitrogens with zero attached hydrogens (tertiary/aromatic N) is 2. The first kappa shape index (κ1) is 23.2. The van der Waals surface area contributed by atoms with E-state index in [1.54, 1.807) is 19.9 Å². The minimum atomic E-state index is -3.76.